The Bertz CT molecular complexity index is 1260. The van der Waals surface area contributed by atoms with Crippen molar-refractivity contribution in [1.29, 1.82) is 0 Å². The van der Waals surface area contributed by atoms with E-state index in [9.17, 15) is 14.0 Å². The maximum absolute atomic E-state index is 13.3. The summed E-state index contributed by atoms with van der Waals surface area (Å²) in [6.07, 6.45) is -0.948. The maximum atomic E-state index is 13.3. The summed E-state index contributed by atoms with van der Waals surface area (Å²) in [4.78, 5) is 30.3. The minimum absolute atomic E-state index is 0.273. The number of pyridine rings is 1. The summed E-state index contributed by atoms with van der Waals surface area (Å²) in [5, 5.41) is 0.619. The Morgan fingerprint density at radius 1 is 0.935 bits per heavy atom. The molecule has 154 valence electrons. The van der Waals surface area contributed by atoms with Crippen LogP contribution < -0.4 is 0 Å². The zero-order chi connectivity index (χ0) is 22.0. The van der Waals surface area contributed by atoms with Gasteiger partial charge in [0.05, 0.1) is 16.8 Å². The molecule has 3 aromatic carbocycles. The third-order valence-electron chi connectivity index (χ3n) is 5.07. The summed E-state index contributed by atoms with van der Waals surface area (Å²) in [5.74, 6) is -1.24. The van der Waals surface area contributed by atoms with Gasteiger partial charge in [-0.15, -0.1) is 0 Å². The SMILES string of the molecule is Cc1ccc(C(=O)[C@@H](C)OC(=O)c2cc(-c3ccc(F)cc3)nc3ccccc23)cc1. The molecule has 31 heavy (non-hydrogen) atoms. The summed E-state index contributed by atoms with van der Waals surface area (Å²) in [6, 6.07) is 21.8. The van der Waals surface area contributed by atoms with Crippen molar-refractivity contribution in [2.75, 3.05) is 0 Å². The molecule has 0 saturated heterocycles. The van der Waals surface area contributed by atoms with Crippen molar-refractivity contribution < 1.29 is 18.7 Å². The first-order valence-corrected chi connectivity index (χ1v) is 9.90. The van der Waals surface area contributed by atoms with E-state index in [0.717, 1.165) is 5.56 Å². The second-order valence-electron chi connectivity index (χ2n) is 7.36. The normalized spacial score (nSPS) is 11.8. The molecule has 4 aromatic rings. The van der Waals surface area contributed by atoms with Crippen molar-refractivity contribution >= 4 is 22.7 Å². The van der Waals surface area contributed by atoms with Crippen LogP contribution in [0.4, 0.5) is 4.39 Å². The highest BCUT2D eigenvalue weighted by atomic mass is 19.1. The van der Waals surface area contributed by atoms with Gasteiger partial charge in [0.25, 0.3) is 0 Å². The molecule has 0 radical (unpaired) electrons. The van der Waals surface area contributed by atoms with Crippen LogP contribution in [0.15, 0.2) is 78.9 Å². The Morgan fingerprint density at radius 2 is 1.61 bits per heavy atom. The van der Waals surface area contributed by atoms with E-state index in [1.807, 2.05) is 25.1 Å². The predicted octanol–water partition coefficient (Wildman–Crippen LogP) is 5.78. The molecule has 0 spiro atoms. The van der Waals surface area contributed by atoms with E-state index in [4.69, 9.17) is 4.74 Å². The second-order valence-corrected chi connectivity index (χ2v) is 7.36. The highest BCUT2D eigenvalue weighted by Crippen LogP contribution is 2.26. The lowest BCUT2D eigenvalue weighted by Crippen LogP contribution is -2.24. The van der Waals surface area contributed by atoms with Gasteiger partial charge < -0.3 is 4.74 Å². The van der Waals surface area contributed by atoms with Crippen molar-refractivity contribution in [2.45, 2.75) is 20.0 Å². The molecule has 0 bridgehead atoms. The Balaban J connectivity index is 1.67. The lowest BCUT2D eigenvalue weighted by atomic mass is 10.0. The van der Waals surface area contributed by atoms with E-state index in [-0.39, 0.29) is 11.6 Å². The fourth-order valence-corrected chi connectivity index (χ4v) is 3.34. The van der Waals surface area contributed by atoms with E-state index in [2.05, 4.69) is 4.98 Å². The molecule has 4 rings (SSSR count). The fourth-order valence-electron chi connectivity index (χ4n) is 3.34. The minimum Gasteiger partial charge on any atom is -0.451 e. The molecule has 0 fully saturated rings. The number of fused-ring (bicyclic) bond motifs is 1. The number of esters is 1. The molecule has 0 aliphatic rings. The van der Waals surface area contributed by atoms with Crippen LogP contribution in [0.3, 0.4) is 0 Å². The number of hydrogen-bond acceptors (Lipinski definition) is 4. The van der Waals surface area contributed by atoms with E-state index in [1.165, 1.54) is 12.1 Å². The van der Waals surface area contributed by atoms with Crippen LogP contribution in [-0.2, 0) is 4.74 Å². The van der Waals surface area contributed by atoms with Gasteiger partial charge in [0.1, 0.15) is 5.82 Å². The maximum Gasteiger partial charge on any atom is 0.339 e. The number of nitrogens with zero attached hydrogens (tertiary/aromatic N) is 1. The van der Waals surface area contributed by atoms with Crippen LogP contribution in [0.5, 0.6) is 0 Å². The van der Waals surface area contributed by atoms with E-state index < -0.39 is 12.1 Å². The van der Waals surface area contributed by atoms with Crippen LogP contribution >= 0.6 is 0 Å². The van der Waals surface area contributed by atoms with Gasteiger partial charge in [-0.1, -0.05) is 48.0 Å². The molecule has 1 aromatic heterocycles. The smallest absolute Gasteiger partial charge is 0.339 e. The number of aryl methyl sites for hydroxylation is 1. The van der Waals surface area contributed by atoms with Crippen LogP contribution in [0, 0.1) is 12.7 Å². The summed E-state index contributed by atoms with van der Waals surface area (Å²) < 4.78 is 18.8. The minimum atomic E-state index is -0.948. The fraction of sp³-hybridized carbons (Fsp3) is 0.115. The number of Topliss-reactive ketones (excluding diaryl/α,β-unsaturated/α-hetero) is 1. The van der Waals surface area contributed by atoms with Gasteiger partial charge in [0, 0.05) is 16.5 Å². The van der Waals surface area contributed by atoms with E-state index in [0.29, 0.717) is 33.3 Å². The number of halogens is 1. The number of carbonyl (C=O) groups excluding carboxylic acids is 2. The van der Waals surface area contributed by atoms with Gasteiger partial charge >= 0.3 is 5.97 Å². The summed E-state index contributed by atoms with van der Waals surface area (Å²) in [6.45, 7) is 3.50. The largest absolute Gasteiger partial charge is 0.451 e. The molecule has 1 atom stereocenters. The molecule has 0 aliphatic carbocycles. The van der Waals surface area contributed by atoms with Gasteiger partial charge in [-0.2, -0.15) is 0 Å². The monoisotopic (exact) mass is 413 g/mol. The van der Waals surface area contributed by atoms with Crippen molar-refractivity contribution in [3.05, 3.63) is 101 Å². The molecular formula is C26H20FNO3. The first-order chi connectivity index (χ1) is 14.9. The zero-order valence-electron chi connectivity index (χ0n) is 17.1. The Kier molecular flexibility index (Phi) is 5.58. The number of carbonyl (C=O) groups is 2. The highest BCUT2D eigenvalue weighted by Gasteiger charge is 2.22. The third kappa shape index (κ3) is 4.36. The van der Waals surface area contributed by atoms with Crippen LogP contribution in [0.2, 0.25) is 0 Å². The van der Waals surface area contributed by atoms with Gasteiger partial charge in [-0.25, -0.2) is 14.2 Å². The molecule has 0 unspecified atom stereocenters. The number of aromatic nitrogens is 1. The number of benzene rings is 3. The van der Waals surface area contributed by atoms with Crippen molar-refractivity contribution in [3.8, 4) is 11.3 Å². The Hall–Kier alpha value is -3.86. The van der Waals surface area contributed by atoms with Crippen molar-refractivity contribution in [3.63, 3.8) is 0 Å². The second kappa shape index (κ2) is 8.48. The summed E-state index contributed by atoms with van der Waals surface area (Å²) >= 11 is 0. The number of ether oxygens (including phenoxy) is 1. The molecule has 0 amide bonds. The van der Waals surface area contributed by atoms with Gasteiger partial charge in [0.15, 0.2) is 6.10 Å². The average molecular weight is 413 g/mol. The molecular weight excluding hydrogens is 393 g/mol. The van der Waals surface area contributed by atoms with Gasteiger partial charge in [-0.3, -0.25) is 4.79 Å². The van der Waals surface area contributed by atoms with Crippen LogP contribution in [-0.4, -0.2) is 22.8 Å². The highest BCUT2D eigenvalue weighted by molar-refractivity contribution is 6.06. The lowest BCUT2D eigenvalue weighted by molar-refractivity contribution is 0.0320. The average Bonchev–Trinajstić information content (AvgIpc) is 2.78. The Morgan fingerprint density at radius 3 is 2.32 bits per heavy atom. The lowest BCUT2D eigenvalue weighted by Gasteiger charge is -2.14. The zero-order valence-corrected chi connectivity index (χ0v) is 17.1. The first-order valence-electron chi connectivity index (χ1n) is 9.90. The van der Waals surface area contributed by atoms with Crippen LogP contribution in [0.25, 0.3) is 22.2 Å². The molecule has 5 heteroatoms. The molecule has 0 aliphatic heterocycles. The summed E-state index contributed by atoms with van der Waals surface area (Å²) in [5.41, 5.74) is 3.62. The van der Waals surface area contributed by atoms with Gasteiger partial charge in [-0.05, 0) is 50.2 Å². The number of para-hydroxylation sites is 1. The number of hydrogen-bond donors (Lipinski definition) is 0. The summed E-state index contributed by atoms with van der Waals surface area (Å²) in [7, 11) is 0. The molecule has 0 N–H and O–H groups in total. The third-order valence-corrected chi connectivity index (χ3v) is 5.07. The predicted molar refractivity (Wildman–Crippen MR) is 118 cm³/mol. The molecule has 1 heterocycles. The molecule has 4 nitrogen and oxygen atoms in total. The van der Waals surface area contributed by atoms with E-state index >= 15 is 0 Å². The quantitative estimate of drug-likeness (QED) is 0.308. The number of rotatable bonds is 5. The van der Waals surface area contributed by atoms with E-state index in [1.54, 1.807) is 55.5 Å². The first kappa shape index (κ1) is 20.4. The number of ketones is 1. The topological polar surface area (TPSA) is 56.3 Å². The molecule has 0 saturated carbocycles. The van der Waals surface area contributed by atoms with Gasteiger partial charge in [0.2, 0.25) is 5.78 Å². The standard InChI is InChI=1S/C26H20FNO3/c1-16-7-9-19(10-8-16)25(29)17(2)31-26(30)22-15-24(18-11-13-20(27)14-12-18)28-23-6-4-3-5-21(22)23/h3-15,17H,1-2H3/t17-/m1/s1. The van der Waals surface area contributed by atoms with Crippen molar-refractivity contribution in [2.24, 2.45) is 0 Å². The van der Waals surface area contributed by atoms with Crippen LogP contribution in [0.1, 0.15) is 33.2 Å². The van der Waals surface area contributed by atoms with Crippen molar-refractivity contribution in [1.82, 2.24) is 4.98 Å². The Labute approximate surface area is 179 Å².